The first kappa shape index (κ1) is 42.1. The fourth-order valence-electron chi connectivity index (χ4n) is 1.16. The van der Waals surface area contributed by atoms with Gasteiger partial charge in [0, 0.05) is 18.1 Å². The summed E-state index contributed by atoms with van der Waals surface area (Å²) < 4.78 is -7.02. The van der Waals surface area contributed by atoms with Crippen molar-refractivity contribution >= 4 is 92.8 Å². The molecule has 0 unspecified atom stereocenters. The molecule has 0 bridgehead atoms. The van der Waals surface area contributed by atoms with E-state index in [2.05, 4.69) is 0 Å². The van der Waals surface area contributed by atoms with Gasteiger partial charge in [-0.05, 0) is 25.7 Å². The van der Waals surface area contributed by atoms with Gasteiger partial charge in [0.05, 0.1) is 0 Å². The molecule has 0 aliphatic heterocycles. The van der Waals surface area contributed by atoms with Crippen molar-refractivity contribution in [3.63, 3.8) is 0 Å². The minimum Gasteiger partial charge on any atom is -0.826 e. The molecule has 0 fully saturated rings. The molecule has 0 saturated carbocycles. The molecule has 0 aliphatic rings. The molecular weight excluding hydrogens is 588 g/mol. The van der Waals surface area contributed by atoms with E-state index in [1.165, 1.54) is 0 Å². The van der Waals surface area contributed by atoms with Crippen molar-refractivity contribution in [1.29, 1.82) is 0 Å². The molecule has 0 heterocycles. The van der Waals surface area contributed by atoms with Crippen LogP contribution < -0.4 is 20.4 Å². The molecule has 0 amide bonds. The average molecular weight is 616 g/mol. The second-order valence-electron chi connectivity index (χ2n) is 5.55. The number of hydrogen-bond donors (Lipinski definition) is 0. The van der Waals surface area contributed by atoms with Gasteiger partial charge in [0.2, 0.25) is 0 Å². The van der Waals surface area contributed by atoms with Crippen molar-refractivity contribution in [2.45, 2.75) is 97.1 Å². The predicted molar refractivity (Wildman–Crippen MR) is 117 cm³/mol. The summed E-state index contributed by atoms with van der Waals surface area (Å²) in [6, 6.07) is 0. The molecule has 13 heteroatoms. The van der Waals surface area contributed by atoms with Crippen molar-refractivity contribution in [2.75, 3.05) is 0 Å². The van der Waals surface area contributed by atoms with Gasteiger partial charge in [-0.3, -0.25) is 0 Å². The minimum absolute atomic E-state index is 0. The summed E-state index contributed by atoms with van der Waals surface area (Å²) >= 11 is 40.3. The number of halogens is 8. The predicted octanol–water partition coefficient (Wildman–Crippen LogP) is 5.11. The molecule has 0 aliphatic carbocycles. The van der Waals surface area contributed by atoms with Crippen LogP contribution in [-0.2, 0) is 21.7 Å². The maximum Gasteiger partial charge on any atom is 4.00 e. The molecule has 4 nitrogen and oxygen atoms in total. The van der Waals surface area contributed by atoms with Crippen LogP contribution in [0.1, 0.15) is 79.1 Å². The number of hydrogen-bond acceptors (Lipinski definition) is 4. The van der Waals surface area contributed by atoms with Crippen molar-refractivity contribution < 1.29 is 42.1 Å². The molecule has 0 saturated heterocycles. The Bertz CT molecular complexity index is 263. The minimum atomic E-state index is -1.76. The quantitative estimate of drug-likeness (QED) is 0.280. The Morgan fingerprint density at radius 2 is 0.517 bits per heavy atom. The molecule has 0 aromatic carbocycles. The smallest absolute Gasteiger partial charge is 0.826 e. The molecule has 0 radical (unpaired) electrons. The largest absolute Gasteiger partial charge is 4.00 e. The Morgan fingerprint density at radius 3 is 0.517 bits per heavy atom. The van der Waals surface area contributed by atoms with Crippen molar-refractivity contribution in [3.05, 3.63) is 0 Å². The molecule has 0 N–H and O–H groups in total. The van der Waals surface area contributed by atoms with Gasteiger partial charge >= 0.3 is 21.7 Å². The van der Waals surface area contributed by atoms with E-state index in [1.807, 2.05) is 27.7 Å². The summed E-state index contributed by atoms with van der Waals surface area (Å²) in [5, 5.41) is 40.9. The molecule has 29 heavy (non-hydrogen) atoms. The van der Waals surface area contributed by atoms with Gasteiger partial charge in [-0.25, -0.2) is 0 Å². The van der Waals surface area contributed by atoms with Gasteiger partial charge in [-0.2, -0.15) is 0 Å². The normalized spacial score (nSPS) is 11.6. The zero-order chi connectivity index (χ0) is 23.7. The molecule has 0 rings (SSSR count). The Labute approximate surface area is 230 Å². The van der Waals surface area contributed by atoms with Crippen LogP contribution in [0.4, 0.5) is 0 Å². The van der Waals surface area contributed by atoms with E-state index >= 15 is 0 Å². The van der Waals surface area contributed by atoms with Crippen molar-refractivity contribution in [3.8, 4) is 0 Å². The van der Waals surface area contributed by atoms with Gasteiger partial charge in [0.25, 0.3) is 0 Å². The molecule has 0 aromatic heterocycles. The first-order valence-electron chi connectivity index (χ1n) is 8.57. The van der Waals surface area contributed by atoms with E-state index in [-0.39, 0.29) is 21.7 Å². The average Bonchev–Trinajstić information content (AvgIpc) is 2.34. The topological polar surface area (TPSA) is 92.2 Å². The van der Waals surface area contributed by atoms with Gasteiger partial charge < -0.3 is 20.4 Å². The third-order valence-corrected chi connectivity index (χ3v) is 3.68. The summed E-state index contributed by atoms with van der Waals surface area (Å²) in [5.41, 5.74) is 0. The summed E-state index contributed by atoms with van der Waals surface area (Å²) in [6.07, 6.45) is 4.19. The van der Waals surface area contributed by atoms with Crippen LogP contribution in [0.25, 0.3) is 0 Å². The maximum absolute atomic E-state index is 10.2. The van der Waals surface area contributed by atoms with Crippen LogP contribution in [-0.4, -0.2) is 18.1 Å². The standard InChI is InChI=1S/4C4H7Cl2O.Ti/c4*1-2-3-4(5,6)7;/h4*2-3H2,1H3;/q4*-1;+4. The number of alkyl halides is 8. The van der Waals surface area contributed by atoms with Gasteiger partial charge in [-0.15, -0.1) is 92.8 Å². The third-order valence-electron chi connectivity index (χ3n) is 2.16. The number of rotatable bonds is 8. The van der Waals surface area contributed by atoms with E-state index < -0.39 is 18.1 Å². The monoisotopic (exact) mass is 612 g/mol. The molecule has 0 spiro atoms. The fourth-order valence-corrected chi connectivity index (χ4v) is 2.68. The Morgan fingerprint density at radius 1 is 0.414 bits per heavy atom. The zero-order valence-corrected chi connectivity index (χ0v) is 24.4. The van der Waals surface area contributed by atoms with E-state index in [0.717, 1.165) is 25.7 Å². The summed E-state index contributed by atoms with van der Waals surface area (Å²) in [4.78, 5) is 0. The van der Waals surface area contributed by atoms with Crippen LogP contribution in [0.5, 0.6) is 0 Å². The first-order chi connectivity index (χ1) is 12.2. The second-order valence-corrected chi connectivity index (χ2v) is 11.2. The van der Waals surface area contributed by atoms with Crippen molar-refractivity contribution in [1.82, 2.24) is 0 Å². The van der Waals surface area contributed by atoms with Crippen LogP contribution in [0.3, 0.4) is 0 Å². The Balaban J connectivity index is -0.0000000873. The fraction of sp³-hybridized carbons (Fsp3) is 1.00. The van der Waals surface area contributed by atoms with E-state index in [4.69, 9.17) is 92.8 Å². The van der Waals surface area contributed by atoms with Crippen LogP contribution in [0, 0.1) is 0 Å². The Kier molecular flexibility index (Phi) is 32.9. The Hall–Kier alpha value is 2.87. The van der Waals surface area contributed by atoms with Gasteiger partial charge in [-0.1, -0.05) is 53.4 Å². The summed E-state index contributed by atoms with van der Waals surface area (Å²) in [6.45, 7) is 7.43. The molecule has 176 valence electrons. The van der Waals surface area contributed by atoms with Crippen LogP contribution in [0.2, 0.25) is 0 Å². The van der Waals surface area contributed by atoms with Crippen LogP contribution >= 0.6 is 92.8 Å². The molecule has 0 aromatic rings. The van der Waals surface area contributed by atoms with E-state index in [0.29, 0.717) is 25.7 Å². The van der Waals surface area contributed by atoms with E-state index in [1.54, 1.807) is 0 Å². The van der Waals surface area contributed by atoms with Crippen molar-refractivity contribution in [2.24, 2.45) is 0 Å². The SMILES string of the molecule is CCCC([O-])(Cl)Cl.CCCC([O-])(Cl)Cl.CCCC([O-])(Cl)Cl.CCCC([O-])(Cl)Cl.[Ti+4]. The first-order valence-corrected chi connectivity index (χ1v) is 11.6. The summed E-state index contributed by atoms with van der Waals surface area (Å²) in [5.74, 6) is 0. The van der Waals surface area contributed by atoms with E-state index in [9.17, 15) is 20.4 Å². The zero-order valence-electron chi connectivity index (χ0n) is 16.8. The maximum atomic E-state index is 10.2. The van der Waals surface area contributed by atoms with Gasteiger partial charge in [0.1, 0.15) is 0 Å². The molecule has 0 atom stereocenters. The second kappa shape index (κ2) is 22.7. The van der Waals surface area contributed by atoms with Crippen LogP contribution in [0.15, 0.2) is 0 Å². The third kappa shape index (κ3) is 72.3. The summed E-state index contributed by atoms with van der Waals surface area (Å²) in [7, 11) is 0. The van der Waals surface area contributed by atoms with Gasteiger partial charge in [0.15, 0.2) is 0 Å². The molecular formula is C16H28Cl8O4Ti.